The van der Waals surface area contributed by atoms with Gasteiger partial charge in [-0.15, -0.1) is 0 Å². The van der Waals surface area contributed by atoms with E-state index in [2.05, 4.69) is 31.8 Å². The van der Waals surface area contributed by atoms with E-state index in [1.807, 2.05) is 6.92 Å². The summed E-state index contributed by atoms with van der Waals surface area (Å²) in [5.41, 5.74) is 1.69. The van der Waals surface area contributed by atoms with Crippen LogP contribution < -0.4 is 5.32 Å². The number of nitrogens with one attached hydrogen (secondary N) is 1. The molecular weight excluding hydrogens is 174 g/mol. The highest BCUT2D eigenvalue weighted by molar-refractivity contribution is 6.09. The first-order valence-electron chi connectivity index (χ1n) is 5.11. The Bertz CT molecular complexity index is 287. The molecule has 0 aromatic rings. The van der Waals surface area contributed by atoms with Crippen molar-refractivity contribution in [3.8, 4) is 0 Å². The van der Waals surface area contributed by atoms with Gasteiger partial charge in [0.25, 0.3) is 0 Å². The van der Waals surface area contributed by atoms with Crippen LogP contribution in [0.2, 0.25) is 0 Å². The third kappa shape index (κ3) is 2.55. The van der Waals surface area contributed by atoms with Gasteiger partial charge in [-0.05, 0) is 24.0 Å². The topological polar surface area (TPSA) is 29.1 Å². The smallest absolute Gasteiger partial charge is 0.185 e. The molecule has 14 heavy (non-hydrogen) atoms. The van der Waals surface area contributed by atoms with Gasteiger partial charge in [0.15, 0.2) is 5.78 Å². The number of ketones is 1. The van der Waals surface area contributed by atoms with E-state index in [1.165, 1.54) is 0 Å². The van der Waals surface area contributed by atoms with E-state index >= 15 is 0 Å². The van der Waals surface area contributed by atoms with Gasteiger partial charge in [0, 0.05) is 12.1 Å². The zero-order valence-electron chi connectivity index (χ0n) is 9.31. The molecule has 0 radical (unpaired) electrons. The summed E-state index contributed by atoms with van der Waals surface area (Å²) < 4.78 is 0. The molecule has 1 N–H and O–H groups in total. The highest BCUT2D eigenvalue weighted by Crippen LogP contribution is 2.33. The molecule has 1 aliphatic rings. The highest BCUT2D eigenvalue weighted by Gasteiger charge is 2.28. The third-order valence-corrected chi connectivity index (χ3v) is 2.41. The fourth-order valence-corrected chi connectivity index (χ4v) is 1.84. The maximum Gasteiger partial charge on any atom is 0.185 e. The molecule has 78 valence electrons. The third-order valence-electron chi connectivity index (χ3n) is 2.41. The van der Waals surface area contributed by atoms with E-state index < -0.39 is 0 Å². The number of allylic oxidation sites excluding steroid dienone is 2. The quantitative estimate of drug-likeness (QED) is 0.695. The Hall–Kier alpha value is -0.890. The molecule has 2 nitrogen and oxygen atoms in total. The second kappa shape index (κ2) is 4.09. The summed E-state index contributed by atoms with van der Waals surface area (Å²) in [6, 6.07) is 0. The monoisotopic (exact) mass is 193 g/mol. The standard InChI is InChI=1S/C12H19NO/c1-5-13-8-10-7-12(3,4)6-9(2)11(10)14/h7,13H,2,5-6,8H2,1,3-4H3. The van der Waals surface area contributed by atoms with E-state index in [4.69, 9.17) is 0 Å². The largest absolute Gasteiger partial charge is 0.313 e. The van der Waals surface area contributed by atoms with Crippen molar-refractivity contribution < 1.29 is 4.79 Å². The van der Waals surface area contributed by atoms with Crippen molar-refractivity contribution in [2.24, 2.45) is 5.41 Å². The minimum atomic E-state index is 0.0791. The lowest BCUT2D eigenvalue weighted by molar-refractivity contribution is -0.113. The molecular formula is C12H19NO. The molecule has 1 rings (SSSR count). The number of carbonyl (C=O) groups is 1. The van der Waals surface area contributed by atoms with Crippen LogP contribution in [-0.4, -0.2) is 18.9 Å². The number of hydrogen-bond acceptors (Lipinski definition) is 2. The predicted octanol–water partition coefficient (Wildman–Crippen LogP) is 2.08. The van der Waals surface area contributed by atoms with Gasteiger partial charge in [0.2, 0.25) is 0 Å². The van der Waals surface area contributed by atoms with Crippen molar-refractivity contribution in [1.29, 1.82) is 0 Å². The minimum Gasteiger partial charge on any atom is -0.313 e. The summed E-state index contributed by atoms with van der Waals surface area (Å²) in [7, 11) is 0. The molecule has 0 aromatic carbocycles. The van der Waals surface area contributed by atoms with Crippen molar-refractivity contribution in [2.45, 2.75) is 27.2 Å². The number of likely N-dealkylation sites (N-methyl/N-ethyl adjacent to an activating group) is 1. The molecule has 2 heteroatoms. The Labute approximate surface area is 86.1 Å². The van der Waals surface area contributed by atoms with Crippen LogP contribution >= 0.6 is 0 Å². The Balaban J connectivity index is 2.83. The lowest BCUT2D eigenvalue weighted by Crippen LogP contribution is -2.28. The molecule has 0 saturated heterocycles. The zero-order valence-corrected chi connectivity index (χ0v) is 9.31. The van der Waals surface area contributed by atoms with E-state index in [1.54, 1.807) is 0 Å². The Kier molecular flexibility index (Phi) is 3.27. The average Bonchev–Trinajstić information content (AvgIpc) is 2.08. The van der Waals surface area contributed by atoms with Crippen molar-refractivity contribution in [1.82, 2.24) is 5.32 Å². The number of hydrogen-bond donors (Lipinski definition) is 1. The molecule has 0 atom stereocenters. The Morgan fingerprint density at radius 3 is 2.79 bits per heavy atom. The molecule has 0 unspecified atom stereocenters. The molecule has 0 heterocycles. The van der Waals surface area contributed by atoms with Gasteiger partial charge in [-0.25, -0.2) is 0 Å². The van der Waals surface area contributed by atoms with Gasteiger partial charge in [-0.2, -0.15) is 0 Å². The fourth-order valence-electron chi connectivity index (χ4n) is 1.84. The second-order valence-electron chi connectivity index (χ2n) is 4.55. The maximum atomic E-state index is 11.7. The number of carbonyl (C=O) groups excluding carboxylic acids is 1. The molecule has 0 fully saturated rings. The molecule has 0 spiro atoms. The summed E-state index contributed by atoms with van der Waals surface area (Å²) in [5.74, 6) is 0.130. The molecule has 0 aliphatic heterocycles. The zero-order chi connectivity index (χ0) is 10.8. The van der Waals surface area contributed by atoms with Gasteiger partial charge in [0.1, 0.15) is 0 Å². The molecule has 1 aliphatic carbocycles. The maximum absolute atomic E-state index is 11.7. The fraction of sp³-hybridized carbons (Fsp3) is 0.583. The van der Waals surface area contributed by atoms with Gasteiger partial charge in [-0.3, -0.25) is 4.79 Å². The molecule has 0 amide bonds. The van der Waals surface area contributed by atoms with Crippen LogP contribution in [0.25, 0.3) is 0 Å². The Morgan fingerprint density at radius 1 is 1.57 bits per heavy atom. The number of Topliss-reactive ketones (excluding diaryl/α,β-unsaturated/α-hetero) is 1. The van der Waals surface area contributed by atoms with Crippen LogP contribution in [0, 0.1) is 5.41 Å². The highest BCUT2D eigenvalue weighted by atomic mass is 16.1. The molecule has 0 bridgehead atoms. The number of rotatable bonds is 3. The first kappa shape index (κ1) is 11.2. The summed E-state index contributed by atoms with van der Waals surface area (Å²) in [4.78, 5) is 11.7. The predicted molar refractivity (Wildman–Crippen MR) is 59.2 cm³/mol. The van der Waals surface area contributed by atoms with E-state index in [0.29, 0.717) is 6.54 Å². The summed E-state index contributed by atoms with van der Waals surface area (Å²) in [5, 5.41) is 3.18. The van der Waals surface area contributed by atoms with Gasteiger partial charge < -0.3 is 5.32 Å². The first-order chi connectivity index (χ1) is 6.46. The van der Waals surface area contributed by atoms with Crippen LogP contribution in [0.4, 0.5) is 0 Å². The summed E-state index contributed by atoms with van der Waals surface area (Å²) in [6.45, 7) is 11.7. The van der Waals surface area contributed by atoms with Crippen LogP contribution in [-0.2, 0) is 4.79 Å². The summed E-state index contributed by atoms with van der Waals surface area (Å²) >= 11 is 0. The van der Waals surface area contributed by atoms with Crippen molar-refractivity contribution >= 4 is 5.78 Å². The van der Waals surface area contributed by atoms with Crippen LogP contribution in [0.3, 0.4) is 0 Å². The van der Waals surface area contributed by atoms with Crippen molar-refractivity contribution in [2.75, 3.05) is 13.1 Å². The van der Waals surface area contributed by atoms with Crippen molar-refractivity contribution in [3.63, 3.8) is 0 Å². The lowest BCUT2D eigenvalue weighted by atomic mass is 9.77. The Morgan fingerprint density at radius 2 is 2.21 bits per heavy atom. The normalized spacial score (nSPS) is 20.9. The van der Waals surface area contributed by atoms with Crippen LogP contribution in [0.5, 0.6) is 0 Å². The van der Waals surface area contributed by atoms with E-state index in [-0.39, 0.29) is 11.2 Å². The second-order valence-corrected chi connectivity index (χ2v) is 4.55. The van der Waals surface area contributed by atoms with Crippen LogP contribution in [0.1, 0.15) is 27.2 Å². The molecule has 0 saturated carbocycles. The van der Waals surface area contributed by atoms with Gasteiger partial charge in [0.05, 0.1) is 0 Å². The average molecular weight is 193 g/mol. The van der Waals surface area contributed by atoms with E-state index in [9.17, 15) is 4.79 Å². The minimum absolute atomic E-state index is 0.0791. The SMILES string of the molecule is C=C1CC(C)(C)C=C(CNCC)C1=O. The lowest BCUT2D eigenvalue weighted by Gasteiger charge is -2.28. The summed E-state index contributed by atoms with van der Waals surface area (Å²) in [6.07, 6.45) is 2.86. The van der Waals surface area contributed by atoms with Crippen molar-refractivity contribution in [3.05, 3.63) is 23.8 Å². The van der Waals surface area contributed by atoms with Crippen LogP contribution in [0.15, 0.2) is 23.8 Å². The van der Waals surface area contributed by atoms with E-state index in [0.717, 1.165) is 24.1 Å². The first-order valence-corrected chi connectivity index (χ1v) is 5.11. The van der Waals surface area contributed by atoms with Gasteiger partial charge in [-0.1, -0.05) is 33.4 Å². The van der Waals surface area contributed by atoms with Gasteiger partial charge >= 0.3 is 0 Å². The molecule has 0 aromatic heterocycles.